The zero-order valence-corrected chi connectivity index (χ0v) is 13.9. The molecule has 0 bridgehead atoms. The van der Waals surface area contributed by atoms with Crippen molar-refractivity contribution in [2.24, 2.45) is 0 Å². The molecule has 0 radical (unpaired) electrons. The monoisotopic (exact) mass is 344 g/mol. The maximum Gasteiger partial charge on any atom is 0.199 e. The Morgan fingerprint density at radius 2 is 1.37 bits per heavy atom. The van der Waals surface area contributed by atoms with Gasteiger partial charge in [-0.2, -0.15) is 10.5 Å². The summed E-state index contributed by atoms with van der Waals surface area (Å²) in [6.07, 6.45) is 5.23. The summed E-state index contributed by atoms with van der Waals surface area (Å²) in [4.78, 5) is 17.7. The minimum Gasteiger partial charge on any atom is -0.223 e. The lowest BCUT2D eigenvalue weighted by molar-refractivity contribution is 1.12. The molecule has 0 amide bonds. The van der Waals surface area contributed by atoms with Crippen molar-refractivity contribution in [1.82, 2.24) is 19.9 Å². The molecule has 0 N–H and O–H groups in total. The molecular weight excluding hydrogens is 336 g/mol. The Morgan fingerprint density at radius 3 is 2.00 bits per heavy atom. The van der Waals surface area contributed by atoms with Crippen LogP contribution in [0.4, 0.5) is 0 Å². The van der Waals surface area contributed by atoms with E-state index in [4.69, 9.17) is 0 Å². The summed E-state index contributed by atoms with van der Waals surface area (Å²) in [5.41, 5.74) is 6.53. The largest absolute Gasteiger partial charge is 0.223 e. The standard InChI is InChI=1S/C21H8N6/c22-8-14-15(9-23)25-21-20(24-14)26-18-12-6-4-10-2-1-3-11-5-7-13(19(18)27-21)17(12)16(10)11/h1-2,4-7H,3H2. The molecule has 2 aliphatic rings. The van der Waals surface area contributed by atoms with Crippen LogP contribution in [0.3, 0.4) is 0 Å². The summed E-state index contributed by atoms with van der Waals surface area (Å²) in [6.45, 7) is 0. The third kappa shape index (κ3) is 1.67. The molecule has 2 aromatic carbocycles. The van der Waals surface area contributed by atoms with Gasteiger partial charge >= 0.3 is 0 Å². The molecule has 0 aliphatic heterocycles. The van der Waals surface area contributed by atoms with Gasteiger partial charge in [-0.05, 0) is 22.9 Å². The van der Waals surface area contributed by atoms with E-state index in [9.17, 15) is 10.5 Å². The molecule has 2 heterocycles. The second kappa shape index (κ2) is 4.72. The zero-order valence-electron chi connectivity index (χ0n) is 13.9. The average Bonchev–Trinajstić information content (AvgIpc) is 3.03. The van der Waals surface area contributed by atoms with Crippen molar-refractivity contribution in [3.05, 3.63) is 52.9 Å². The molecule has 0 fully saturated rings. The Hall–Kier alpha value is -4.16. The van der Waals surface area contributed by atoms with Gasteiger partial charge < -0.3 is 0 Å². The van der Waals surface area contributed by atoms with Gasteiger partial charge in [0.05, 0.1) is 11.4 Å². The van der Waals surface area contributed by atoms with Crippen molar-refractivity contribution in [3.63, 3.8) is 0 Å². The van der Waals surface area contributed by atoms with E-state index in [1.165, 1.54) is 16.5 Å². The van der Waals surface area contributed by atoms with Crippen molar-refractivity contribution in [2.75, 3.05) is 0 Å². The Kier molecular flexibility index (Phi) is 2.46. The second-order valence-corrected chi connectivity index (χ2v) is 6.54. The summed E-state index contributed by atoms with van der Waals surface area (Å²) >= 11 is 0. The Balaban J connectivity index is 1.75. The van der Waals surface area contributed by atoms with Gasteiger partial charge in [-0.15, -0.1) is 0 Å². The van der Waals surface area contributed by atoms with Crippen LogP contribution in [0.1, 0.15) is 22.5 Å². The van der Waals surface area contributed by atoms with Crippen LogP contribution in [0, 0.1) is 22.7 Å². The molecule has 0 saturated heterocycles. The summed E-state index contributed by atoms with van der Waals surface area (Å²) in [6, 6.07) is 12.2. The minimum atomic E-state index is -0.0305. The number of allylic oxidation sites excluding steroid dienone is 1. The van der Waals surface area contributed by atoms with Gasteiger partial charge in [-0.25, -0.2) is 19.9 Å². The summed E-state index contributed by atoms with van der Waals surface area (Å²) in [5.74, 6) is 0. The fourth-order valence-electron chi connectivity index (χ4n) is 4.03. The number of aromatic nitrogens is 4. The van der Waals surface area contributed by atoms with Crippen LogP contribution in [0.15, 0.2) is 30.3 Å². The molecule has 0 atom stereocenters. The third-order valence-electron chi connectivity index (χ3n) is 5.16. The highest BCUT2D eigenvalue weighted by atomic mass is 15.0. The highest BCUT2D eigenvalue weighted by molar-refractivity contribution is 6.17. The average molecular weight is 344 g/mol. The SMILES string of the molecule is N#Cc1nc2nc3c(nc2nc1C#N)-c1ccc2c4c(ccc-3c14)C=CC2. The lowest BCUT2D eigenvalue weighted by Crippen LogP contribution is -2.01. The number of hydrogen-bond donors (Lipinski definition) is 0. The quantitative estimate of drug-likeness (QED) is 0.426. The van der Waals surface area contributed by atoms with Crippen LogP contribution in [-0.4, -0.2) is 19.9 Å². The molecule has 2 aromatic heterocycles. The van der Waals surface area contributed by atoms with E-state index < -0.39 is 0 Å². The normalized spacial score (nSPS) is 12.8. The van der Waals surface area contributed by atoms with Crippen LogP contribution in [-0.2, 0) is 6.42 Å². The van der Waals surface area contributed by atoms with Gasteiger partial charge in [-0.3, -0.25) is 0 Å². The third-order valence-corrected chi connectivity index (χ3v) is 5.16. The molecule has 6 rings (SSSR count). The fraction of sp³-hybridized carbons (Fsp3) is 0.0476. The predicted octanol–water partition coefficient (Wildman–Crippen LogP) is 3.53. The van der Waals surface area contributed by atoms with E-state index in [0.29, 0.717) is 0 Å². The smallest absolute Gasteiger partial charge is 0.199 e. The highest BCUT2D eigenvalue weighted by Crippen LogP contribution is 2.48. The molecule has 6 heteroatoms. The number of benzene rings is 2. The molecule has 0 spiro atoms. The molecule has 0 saturated carbocycles. The van der Waals surface area contributed by atoms with E-state index in [1.807, 2.05) is 12.1 Å². The molecular formula is C21H8N6. The van der Waals surface area contributed by atoms with Crippen molar-refractivity contribution >= 4 is 28.1 Å². The highest BCUT2D eigenvalue weighted by Gasteiger charge is 2.28. The van der Waals surface area contributed by atoms with Crippen molar-refractivity contribution in [1.29, 1.82) is 10.5 Å². The van der Waals surface area contributed by atoms with Crippen LogP contribution in [0.2, 0.25) is 0 Å². The van der Waals surface area contributed by atoms with Gasteiger partial charge in [-0.1, -0.05) is 36.4 Å². The van der Waals surface area contributed by atoms with Gasteiger partial charge in [0.2, 0.25) is 0 Å². The van der Waals surface area contributed by atoms with Crippen molar-refractivity contribution < 1.29 is 0 Å². The first-order valence-electron chi connectivity index (χ1n) is 8.44. The first-order chi connectivity index (χ1) is 13.3. The van der Waals surface area contributed by atoms with Crippen LogP contribution < -0.4 is 0 Å². The fourth-order valence-corrected chi connectivity index (χ4v) is 4.03. The molecule has 6 nitrogen and oxygen atoms in total. The molecule has 4 aromatic rings. The molecule has 122 valence electrons. The van der Waals surface area contributed by atoms with Crippen LogP contribution in [0.25, 0.3) is 50.7 Å². The van der Waals surface area contributed by atoms with E-state index in [1.54, 1.807) is 0 Å². The summed E-state index contributed by atoms with van der Waals surface area (Å²) in [5, 5.41) is 20.8. The van der Waals surface area contributed by atoms with Gasteiger partial charge in [0.1, 0.15) is 12.1 Å². The van der Waals surface area contributed by atoms with Gasteiger partial charge in [0, 0.05) is 16.5 Å². The number of nitrogens with zero attached hydrogens (tertiary/aromatic N) is 6. The predicted molar refractivity (Wildman–Crippen MR) is 99.2 cm³/mol. The zero-order chi connectivity index (χ0) is 18.1. The Labute approximate surface area is 153 Å². The number of fused-ring (bicyclic) bond motifs is 4. The summed E-state index contributed by atoms with van der Waals surface area (Å²) < 4.78 is 0. The van der Waals surface area contributed by atoms with Crippen molar-refractivity contribution in [3.8, 4) is 34.7 Å². The molecule has 2 aliphatic carbocycles. The van der Waals surface area contributed by atoms with E-state index in [2.05, 4.69) is 56.4 Å². The Bertz CT molecular complexity index is 1400. The Morgan fingerprint density at radius 1 is 0.741 bits per heavy atom. The van der Waals surface area contributed by atoms with E-state index in [-0.39, 0.29) is 22.7 Å². The topological polar surface area (TPSA) is 99.1 Å². The second-order valence-electron chi connectivity index (χ2n) is 6.54. The van der Waals surface area contributed by atoms with E-state index in [0.717, 1.165) is 34.3 Å². The maximum absolute atomic E-state index is 9.20. The lowest BCUT2D eigenvalue weighted by Gasteiger charge is -2.13. The lowest BCUT2D eigenvalue weighted by atomic mass is 9.90. The van der Waals surface area contributed by atoms with Crippen LogP contribution >= 0.6 is 0 Å². The number of nitriles is 2. The number of hydrogen-bond acceptors (Lipinski definition) is 6. The van der Waals surface area contributed by atoms with Gasteiger partial charge in [0.15, 0.2) is 22.7 Å². The minimum absolute atomic E-state index is 0.0305. The number of rotatable bonds is 0. The van der Waals surface area contributed by atoms with Crippen LogP contribution in [0.5, 0.6) is 0 Å². The van der Waals surface area contributed by atoms with Crippen molar-refractivity contribution in [2.45, 2.75) is 6.42 Å². The maximum atomic E-state index is 9.20. The first-order valence-corrected chi connectivity index (χ1v) is 8.44. The van der Waals surface area contributed by atoms with Gasteiger partial charge in [0.25, 0.3) is 0 Å². The molecule has 0 unspecified atom stereocenters. The summed E-state index contributed by atoms with van der Waals surface area (Å²) in [7, 11) is 0. The van der Waals surface area contributed by atoms with E-state index >= 15 is 0 Å². The molecule has 27 heavy (non-hydrogen) atoms. The first kappa shape index (κ1) is 14.1.